The lowest BCUT2D eigenvalue weighted by Crippen LogP contribution is -1.99. The zero-order chi connectivity index (χ0) is 12.8. The second-order valence-corrected chi connectivity index (χ2v) is 3.99. The van der Waals surface area contributed by atoms with Gasteiger partial charge in [-0.2, -0.15) is 4.98 Å². The largest absolute Gasteiger partial charge is 0.485 e. The number of rotatable bonds is 6. The van der Waals surface area contributed by atoms with Crippen molar-refractivity contribution in [2.24, 2.45) is 5.73 Å². The molecular formula is C13H17N3O2. The number of aryl methyl sites for hydroxylation is 1. The van der Waals surface area contributed by atoms with Gasteiger partial charge in [0.1, 0.15) is 5.75 Å². The van der Waals surface area contributed by atoms with Crippen LogP contribution in [-0.2, 0) is 19.6 Å². The molecule has 96 valence electrons. The van der Waals surface area contributed by atoms with Crippen LogP contribution in [0.25, 0.3) is 0 Å². The first kappa shape index (κ1) is 12.6. The van der Waals surface area contributed by atoms with Crippen molar-refractivity contribution in [3.8, 4) is 5.75 Å². The fraction of sp³-hybridized carbons (Fsp3) is 0.385. The highest BCUT2D eigenvalue weighted by molar-refractivity contribution is 5.27. The molecular weight excluding hydrogens is 230 g/mol. The molecule has 5 nitrogen and oxygen atoms in total. The quantitative estimate of drug-likeness (QED) is 0.845. The fourth-order valence-corrected chi connectivity index (χ4v) is 1.53. The molecule has 0 aliphatic rings. The van der Waals surface area contributed by atoms with Gasteiger partial charge in [-0.3, -0.25) is 0 Å². The summed E-state index contributed by atoms with van der Waals surface area (Å²) in [5, 5.41) is 3.85. The fourth-order valence-electron chi connectivity index (χ4n) is 1.53. The van der Waals surface area contributed by atoms with Gasteiger partial charge in [-0.1, -0.05) is 24.2 Å². The third-order valence-electron chi connectivity index (χ3n) is 2.50. The predicted octanol–water partition coefficient (Wildman–Crippen LogP) is 2.06. The van der Waals surface area contributed by atoms with Crippen LogP contribution in [0.15, 0.2) is 28.8 Å². The van der Waals surface area contributed by atoms with Crippen molar-refractivity contribution in [3.05, 3.63) is 41.5 Å². The first-order chi connectivity index (χ1) is 8.81. The van der Waals surface area contributed by atoms with Crippen LogP contribution in [0.5, 0.6) is 5.75 Å². The van der Waals surface area contributed by atoms with Crippen LogP contribution >= 0.6 is 0 Å². The van der Waals surface area contributed by atoms with Crippen LogP contribution < -0.4 is 10.5 Å². The number of ether oxygens (including phenoxy) is 1. The van der Waals surface area contributed by atoms with Crippen LogP contribution in [0.4, 0.5) is 0 Å². The van der Waals surface area contributed by atoms with E-state index in [9.17, 15) is 0 Å². The molecule has 0 bridgehead atoms. The Morgan fingerprint density at radius 3 is 2.72 bits per heavy atom. The summed E-state index contributed by atoms with van der Waals surface area (Å²) in [6, 6.07) is 7.65. The van der Waals surface area contributed by atoms with Crippen molar-refractivity contribution in [3.63, 3.8) is 0 Å². The Kier molecular flexibility index (Phi) is 4.30. The van der Waals surface area contributed by atoms with E-state index in [0.717, 1.165) is 24.2 Å². The number of nitrogens with two attached hydrogens (primary N) is 1. The molecule has 0 saturated heterocycles. The molecule has 0 fully saturated rings. The Hall–Kier alpha value is -1.88. The SMILES string of the molecule is CCCc1nc(COc2ccc(CN)cc2)no1. The molecule has 2 rings (SSSR count). The van der Waals surface area contributed by atoms with Crippen LogP contribution in [0.2, 0.25) is 0 Å². The maximum Gasteiger partial charge on any atom is 0.226 e. The lowest BCUT2D eigenvalue weighted by atomic mass is 10.2. The summed E-state index contributed by atoms with van der Waals surface area (Å²) in [7, 11) is 0. The Morgan fingerprint density at radius 1 is 1.28 bits per heavy atom. The van der Waals surface area contributed by atoms with Crippen LogP contribution in [0.3, 0.4) is 0 Å². The molecule has 0 aliphatic heterocycles. The lowest BCUT2D eigenvalue weighted by Gasteiger charge is -2.03. The van der Waals surface area contributed by atoms with Gasteiger partial charge in [0.2, 0.25) is 11.7 Å². The highest BCUT2D eigenvalue weighted by atomic mass is 16.5. The van der Waals surface area contributed by atoms with E-state index in [4.69, 9.17) is 15.0 Å². The summed E-state index contributed by atoms with van der Waals surface area (Å²) >= 11 is 0. The third-order valence-corrected chi connectivity index (χ3v) is 2.50. The van der Waals surface area contributed by atoms with Gasteiger partial charge in [-0.15, -0.1) is 0 Å². The van der Waals surface area contributed by atoms with Gasteiger partial charge in [-0.05, 0) is 24.1 Å². The molecule has 0 atom stereocenters. The molecule has 0 spiro atoms. The zero-order valence-electron chi connectivity index (χ0n) is 10.4. The minimum Gasteiger partial charge on any atom is -0.485 e. The first-order valence-corrected chi connectivity index (χ1v) is 6.05. The molecule has 0 saturated carbocycles. The highest BCUT2D eigenvalue weighted by Gasteiger charge is 2.05. The Balaban J connectivity index is 1.89. The maximum absolute atomic E-state index is 5.56. The highest BCUT2D eigenvalue weighted by Crippen LogP contribution is 2.13. The normalized spacial score (nSPS) is 10.6. The number of nitrogens with zero attached hydrogens (tertiary/aromatic N) is 2. The monoisotopic (exact) mass is 247 g/mol. The van der Waals surface area contributed by atoms with Crippen molar-refractivity contribution >= 4 is 0 Å². The molecule has 2 N–H and O–H groups in total. The van der Waals surface area contributed by atoms with Crippen molar-refractivity contribution < 1.29 is 9.26 Å². The number of aromatic nitrogens is 2. The molecule has 0 radical (unpaired) electrons. The van der Waals surface area contributed by atoms with Gasteiger partial charge in [-0.25, -0.2) is 0 Å². The van der Waals surface area contributed by atoms with Gasteiger partial charge in [0.15, 0.2) is 6.61 Å². The molecule has 1 heterocycles. The van der Waals surface area contributed by atoms with Crippen LogP contribution in [0.1, 0.15) is 30.6 Å². The molecule has 18 heavy (non-hydrogen) atoms. The summed E-state index contributed by atoms with van der Waals surface area (Å²) in [5.41, 5.74) is 6.60. The molecule has 1 aromatic carbocycles. The average Bonchev–Trinajstić information content (AvgIpc) is 2.85. The van der Waals surface area contributed by atoms with Crippen molar-refractivity contribution in [1.29, 1.82) is 0 Å². The van der Waals surface area contributed by atoms with Crippen molar-refractivity contribution in [1.82, 2.24) is 10.1 Å². The zero-order valence-corrected chi connectivity index (χ0v) is 10.4. The summed E-state index contributed by atoms with van der Waals surface area (Å²) in [5.74, 6) is 2.00. The topological polar surface area (TPSA) is 74.2 Å². The average molecular weight is 247 g/mol. The molecule has 5 heteroatoms. The molecule has 1 aromatic heterocycles. The Morgan fingerprint density at radius 2 is 2.06 bits per heavy atom. The Labute approximate surface area is 106 Å². The van der Waals surface area contributed by atoms with Gasteiger partial charge in [0, 0.05) is 13.0 Å². The van der Waals surface area contributed by atoms with E-state index in [-0.39, 0.29) is 0 Å². The second kappa shape index (κ2) is 6.16. The summed E-state index contributed by atoms with van der Waals surface area (Å²) in [6.07, 6.45) is 1.79. The summed E-state index contributed by atoms with van der Waals surface area (Å²) in [6.45, 7) is 2.92. The molecule has 0 amide bonds. The minimum atomic E-state index is 0.315. The summed E-state index contributed by atoms with van der Waals surface area (Å²) in [4.78, 5) is 4.23. The van der Waals surface area contributed by atoms with E-state index < -0.39 is 0 Å². The van der Waals surface area contributed by atoms with E-state index in [2.05, 4.69) is 17.1 Å². The van der Waals surface area contributed by atoms with Gasteiger partial charge < -0.3 is 15.0 Å². The Bertz CT molecular complexity index is 479. The van der Waals surface area contributed by atoms with Crippen LogP contribution in [-0.4, -0.2) is 10.1 Å². The number of benzene rings is 1. The van der Waals surface area contributed by atoms with Crippen molar-refractivity contribution in [2.75, 3.05) is 0 Å². The van der Waals surface area contributed by atoms with Gasteiger partial charge >= 0.3 is 0 Å². The van der Waals surface area contributed by atoms with Crippen molar-refractivity contribution in [2.45, 2.75) is 32.9 Å². The smallest absolute Gasteiger partial charge is 0.226 e. The molecule has 0 unspecified atom stereocenters. The van der Waals surface area contributed by atoms with E-state index in [0.29, 0.717) is 24.9 Å². The molecule has 2 aromatic rings. The first-order valence-electron chi connectivity index (χ1n) is 6.05. The van der Waals surface area contributed by atoms with E-state index in [1.165, 1.54) is 0 Å². The second-order valence-electron chi connectivity index (χ2n) is 3.99. The van der Waals surface area contributed by atoms with Crippen LogP contribution in [0, 0.1) is 0 Å². The maximum atomic E-state index is 5.56. The van der Waals surface area contributed by atoms with E-state index >= 15 is 0 Å². The predicted molar refractivity (Wildman–Crippen MR) is 67.0 cm³/mol. The number of hydrogen-bond donors (Lipinski definition) is 1. The standard InChI is InChI=1S/C13H17N3O2/c1-2-3-13-15-12(16-18-13)9-17-11-6-4-10(8-14)5-7-11/h4-7H,2-3,8-9,14H2,1H3. The van der Waals surface area contributed by atoms with Gasteiger partial charge in [0.25, 0.3) is 0 Å². The number of hydrogen-bond acceptors (Lipinski definition) is 5. The van der Waals surface area contributed by atoms with E-state index in [1.807, 2.05) is 24.3 Å². The van der Waals surface area contributed by atoms with Gasteiger partial charge in [0.05, 0.1) is 0 Å². The lowest BCUT2D eigenvalue weighted by molar-refractivity contribution is 0.285. The molecule has 0 aliphatic carbocycles. The third kappa shape index (κ3) is 3.30. The minimum absolute atomic E-state index is 0.315. The summed E-state index contributed by atoms with van der Waals surface area (Å²) < 4.78 is 10.6. The van der Waals surface area contributed by atoms with E-state index in [1.54, 1.807) is 0 Å².